The number of carbonyl (C=O) groups excluding carboxylic acids is 1. The lowest BCUT2D eigenvalue weighted by atomic mass is 10.3. The largest absolute Gasteiger partial charge is 0.466 e. The molecule has 0 atom stereocenters. The first kappa shape index (κ1) is 26.6. The third kappa shape index (κ3) is 22.0. The topological polar surface area (TPSA) is 38.3 Å². The highest BCUT2D eigenvalue weighted by Gasteiger charge is 2.17. The molecule has 1 N–H and O–H groups in total. The van der Waals surface area contributed by atoms with E-state index in [1.165, 1.54) is 24.7 Å². The second-order valence-corrected chi connectivity index (χ2v) is 9.50. The van der Waals surface area contributed by atoms with Gasteiger partial charge in [-0.2, -0.15) is 0 Å². The van der Waals surface area contributed by atoms with Crippen LogP contribution in [-0.2, 0) is 9.53 Å². The van der Waals surface area contributed by atoms with Crippen molar-refractivity contribution in [3.8, 4) is 0 Å². The van der Waals surface area contributed by atoms with Crippen molar-refractivity contribution < 1.29 is 9.53 Å². The lowest BCUT2D eigenvalue weighted by Gasteiger charge is -2.23. The van der Waals surface area contributed by atoms with E-state index in [1.54, 1.807) is 6.20 Å². The van der Waals surface area contributed by atoms with E-state index in [0.29, 0.717) is 10.1 Å². The average Bonchev–Trinajstić information content (AvgIpc) is 2.36. The summed E-state index contributed by atoms with van der Waals surface area (Å²) in [4.78, 5) is 10.4. The third-order valence-electron chi connectivity index (χ3n) is 2.11. The summed E-state index contributed by atoms with van der Waals surface area (Å²) in [6, 6.07) is 0.348. The number of rotatable bonds is 8. The number of thioether (sulfide) groups is 2. The van der Waals surface area contributed by atoms with Crippen molar-refractivity contribution in [2.75, 3.05) is 18.6 Å². The molecule has 0 unspecified atom stereocenters. The minimum Gasteiger partial charge on any atom is -0.466 e. The Morgan fingerprint density at radius 2 is 1.77 bits per heavy atom. The number of hydrogen-bond donors (Lipinski definition) is 1. The SMILES string of the molecule is C.CCSC(C)(C)SCC(C)C.COC(=O)/C=C/NC(C)C. The van der Waals surface area contributed by atoms with Crippen molar-refractivity contribution in [2.24, 2.45) is 5.92 Å². The molecule has 134 valence electrons. The molecule has 0 bridgehead atoms. The van der Waals surface area contributed by atoms with Crippen molar-refractivity contribution in [3.05, 3.63) is 12.3 Å². The van der Waals surface area contributed by atoms with Crippen LogP contribution in [0.15, 0.2) is 12.3 Å². The summed E-state index contributed by atoms with van der Waals surface area (Å²) in [6.07, 6.45) is 2.93. The zero-order chi connectivity index (χ0) is 16.9. The molecule has 0 radical (unpaired) electrons. The molecule has 0 aromatic carbocycles. The molecule has 0 amide bonds. The van der Waals surface area contributed by atoms with Gasteiger partial charge in [0.15, 0.2) is 0 Å². The number of nitrogens with one attached hydrogen (secondary N) is 1. The Labute approximate surface area is 147 Å². The molecule has 0 saturated carbocycles. The van der Waals surface area contributed by atoms with Gasteiger partial charge in [0.25, 0.3) is 0 Å². The fraction of sp³-hybridized carbons (Fsp3) is 0.824. The van der Waals surface area contributed by atoms with Crippen LogP contribution in [0.5, 0.6) is 0 Å². The molecule has 22 heavy (non-hydrogen) atoms. The van der Waals surface area contributed by atoms with Gasteiger partial charge in [-0.1, -0.05) is 28.2 Å². The molecule has 0 aliphatic carbocycles. The first-order chi connectivity index (χ1) is 9.64. The molecule has 0 saturated heterocycles. The summed E-state index contributed by atoms with van der Waals surface area (Å²) in [5, 5.41) is 2.93. The van der Waals surface area contributed by atoms with Crippen molar-refractivity contribution in [1.29, 1.82) is 0 Å². The standard InChI is InChI=1S/C9H20S2.C7H13NO2.CH4/c1-6-10-9(4,5)11-7-8(2)3;1-6(2)8-5-4-7(9)10-3;/h8H,6-7H2,1-5H3;4-6,8H,1-3H3;1H4/b;5-4+;. The Morgan fingerprint density at radius 3 is 2.14 bits per heavy atom. The van der Waals surface area contributed by atoms with Gasteiger partial charge in [0, 0.05) is 18.3 Å². The van der Waals surface area contributed by atoms with E-state index in [2.05, 4.69) is 56.4 Å². The third-order valence-corrected chi connectivity index (χ3v) is 5.33. The van der Waals surface area contributed by atoms with Crippen molar-refractivity contribution in [2.45, 2.75) is 66.0 Å². The van der Waals surface area contributed by atoms with Crippen LogP contribution in [0.2, 0.25) is 0 Å². The number of hydrogen-bond acceptors (Lipinski definition) is 5. The predicted molar refractivity (Wildman–Crippen MR) is 106 cm³/mol. The lowest BCUT2D eigenvalue weighted by Crippen LogP contribution is -2.15. The van der Waals surface area contributed by atoms with Gasteiger partial charge < -0.3 is 10.1 Å². The van der Waals surface area contributed by atoms with Crippen LogP contribution in [0.25, 0.3) is 0 Å². The fourth-order valence-electron chi connectivity index (χ4n) is 1.13. The monoisotopic (exact) mass is 351 g/mol. The summed E-state index contributed by atoms with van der Waals surface area (Å²) in [5.41, 5.74) is 0. The van der Waals surface area contributed by atoms with Crippen molar-refractivity contribution in [1.82, 2.24) is 5.32 Å². The summed E-state index contributed by atoms with van der Waals surface area (Å²) in [6.45, 7) is 15.4. The van der Waals surface area contributed by atoms with E-state index < -0.39 is 0 Å². The Kier molecular flexibility index (Phi) is 18.9. The van der Waals surface area contributed by atoms with Gasteiger partial charge in [0.2, 0.25) is 0 Å². The fourth-order valence-corrected chi connectivity index (χ4v) is 3.45. The summed E-state index contributed by atoms with van der Waals surface area (Å²) in [7, 11) is 1.35. The van der Waals surface area contributed by atoms with E-state index in [4.69, 9.17) is 0 Å². The molecule has 0 spiro atoms. The highest BCUT2D eigenvalue weighted by atomic mass is 32.2. The Morgan fingerprint density at radius 1 is 1.23 bits per heavy atom. The van der Waals surface area contributed by atoms with E-state index in [1.807, 2.05) is 25.6 Å². The molecule has 0 aromatic rings. The van der Waals surface area contributed by atoms with Crippen LogP contribution in [-0.4, -0.2) is 34.7 Å². The zero-order valence-corrected chi connectivity index (χ0v) is 16.5. The molecule has 0 aliphatic rings. The lowest BCUT2D eigenvalue weighted by molar-refractivity contribution is -0.134. The van der Waals surface area contributed by atoms with Gasteiger partial charge >= 0.3 is 5.97 Å². The van der Waals surface area contributed by atoms with Gasteiger partial charge in [-0.25, -0.2) is 4.79 Å². The van der Waals surface area contributed by atoms with Crippen LogP contribution in [0.3, 0.4) is 0 Å². The van der Waals surface area contributed by atoms with E-state index in [0.717, 1.165) is 5.92 Å². The quantitative estimate of drug-likeness (QED) is 0.371. The highest BCUT2D eigenvalue weighted by molar-refractivity contribution is 8.18. The van der Waals surface area contributed by atoms with E-state index >= 15 is 0 Å². The Balaban J connectivity index is -0.000000315. The Bertz CT molecular complexity index is 290. The molecule has 0 heterocycles. The highest BCUT2D eigenvalue weighted by Crippen LogP contribution is 2.36. The molecule has 0 aliphatic heterocycles. The van der Waals surface area contributed by atoms with Gasteiger partial charge in [0.05, 0.1) is 11.2 Å². The Hall–Kier alpha value is -0.290. The molecule has 0 fully saturated rings. The summed E-state index contributed by atoms with van der Waals surface area (Å²) >= 11 is 4.11. The van der Waals surface area contributed by atoms with Crippen LogP contribution in [0.1, 0.15) is 55.9 Å². The maximum Gasteiger partial charge on any atom is 0.331 e. The first-order valence-corrected chi connectivity index (χ1v) is 9.40. The minimum absolute atomic E-state index is 0. The second kappa shape index (κ2) is 15.6. The average molecular weight is 352 g/mol. The number of carbonyl (C=O) groups is 1. The zero-order valence-electron chi connectivity index (χ0n) is 14.9. The van der Waals surface area contributed by atoms with Crippen LogP contribution >= 0.6 is 23.5 Å². The van der Waals surface area contributed by atoms with Crippen molar-refractivity contribution in [3.63, 3.8) is 0 Å². The van der Waals surface area contributed by atoms with Crippen LogP contribution in [0, 0.1) is 5.92 Å². The second-order valence-electron chi connectivity index (χ2n) is 5.72. The molecular weight excluding hydrogens is 314 g/mol. The van der Waals surface area contributed by atoms with Gasteiger partial charge in [-0.05, 0) is 45.1 Å². The predicted octanol–water partition coefficient (Wildman–Crippen LogP) is 5.17. The van der Waals surface area contributed by atoms with Gasteiger partial charge in [0.1, 0.15) is 0 Å². The normalized spacial score (nSPS) is 11.0. The van der Waals surface area contributed by atoms with Crippen LogP contribution < -0.4 is 5.32 Å². The smallest absolute Gasteiger partial charge is 0.331 e. The summed E-state index contributed by atoms with van der Waals surface area (Å²) in [5.74, 6) is 2.97. The van der Waals surface area contributed by atoms with E-state index in [-0.39, 0.29) is 13.4 Å². The number of ether oxygens (including phenoxy) is 1. The van der Waals surface area contributed by atoms with Crippen LogP contribution in [0.4, 0.5) is 0 Å². The number of esters is 1. The molecule has 5 heteroatoms. The molecule has 0 rings (SSSR count). The first-order valence-electron chi connectivity index (χ1n) is 7.43. The summed E-state index contributed by atoms with van der Waals surface area (Å²) < 4.78 is 4.78. The maximum absolute atomic E-state index is 10.4. The minimum atomic E-state index is -0.340. The molecule has 0 aromatic heterocycles. The van der Waals surface area contributed by atoms with Gasteiger partial charge in [-0.3, -0.25) is 0 Å². The maximum atomic E-state index is 10.4. The number of methoxy groups -OCH3 is 1. The van der Waals surface area contributed by atoms with E-state index in [9.17, 15) is 4.79 Å². The van der Waals surface area contributed by atoms with Crippen molar-refractivity contribution >= 4 is 29.5 Å². The molecular formula is C17H37NO2S2. The molecule has 3 nitrogen and oxygen atoms in total. The van der Waals surface area contributed by atoms with Gasteiger partial charge in [-0.15, -0.1) is 23.5 Å².